The largest absolute Gasteiger partial charge is 0.468 e. The van der Waals surface area contributed by atoms with E-state index in [1.54, 1.807) is 18.0 Å². The summed E-state index contributed by atoms with van der Waals surface area (Å²) in [5.41, 5.74) is 1.20. The molecule has 1 aromatic heterocycles. The Balaban J connectivity index is 1.71. The van der Waals surface area contributed by atoms with Gasteiger partial charge in [-0.3, -0.25) is 0 Å². The van der Waals surface area contributed by atoms with Crippen LogP contribution in [0.15, 0.2) is 39.8 Å². The molecule has 0 amide bonds. The van der Waals surface area contributed by atoms with Gasteiger partial charge in [0.25, 0.3) is 0 Å². The summed E-state index contributed by atoms with van der Waals surface area (Å²) < 4.78 is 16.1. The van der Waals surface area contributed by atoms with E-state index >= 15 is 0 Å². The summed E-state index contributed by atoms with van der Waals surface area (Å²) in [6.07, 6.45) is 1.73. The number of rotatable bonds is 5. The Bertz CT molecular complexity index is 597. The van der Waals surface area contributed by atoms with Gasteiger partial charge in [0, 0.05) is 16.7 Å². The minimum atomic E-state index is 0.254. The summed E-state index contributed by atoms with van der Waals surface area (Å²) >= 11 is 1.79. The third-order valence-electron chi connectivity index (χ3n) is 3.36. The van der Waals surface area contributed by atoms with Gasteiger partial charge in [0.1, 0.15) is 5.76 Å². The van der Waals surface area contributed by atoms with Gasteiger partial charge in [-0.1, -0.05) is 6.07 Å². The number of hydrogen-bond acceptors (Lipinski definition) is 5. The van der Waals surface area contributed by atoms with Gasteiger partial charge in [-0.15, -0.1) is 11.8 Å². The minimum absolute atomic E-state index is 0.254. The third kappa shape index (κ3) is 2.64. The molecule has 106 valence electrons. The standard InChI is InChI=1S/C15H17NO3S/c1-10-15(5-6-17-10)20-8-12(16-2)11-3-4-13-14(7-11)19-9-18-13/h3-7,12,16H,8-9H2,1-2H3. The van der Waals surface area contributed by atoms with Gasteiger partial charge in [-0.25, -0.2) is 0 Å². The normalized spacial score (nSPS) is 14.5. The highest BCUT2D eigenvalue weighted by Gasteiger charge is 2.17. The van der Waals surface area contributed by atoms with Crippen LogP contribution in [-0.4, -0.2) is 19.6 Å². The SMILES string of the molecule is CNC(CSc1ccoc1C)c1ccc2c(c1)OCO2. The summed E-state index contributed by atoms with van der Waals surface area (Å²) in [5.74, 6) is 3.54. The smallest absolute Gasteiger partial charge is 0.231 e. The van der Waals surface area contributed by atoms with E-state index in [0.29, 0.717) is 6.79 Å². The van der Waals surface area contributed by atoms with Gasteiger partial charge in [-0.05, 0) is 37.7 Å². The lowest BCUT2D eigenvalue weighted by Gasteiger charge is -2.16. The van der Waals surface area contributed by atoms with E-state index in [2.05, 4.69) is 11.4 Å². The average molecular weight is 291 g/mol. The summed E-state index contributed by atoms with van der Waals surface area (Å²) in [6, 6.07) is 8.36. The summed E-state index contributed by atoms with van der Waals surface area (Å²) in [5, 5.41) is 3.34. The molecular weight excluding hydrogens is 274 g/mol. The van der Waals surface area contributed by atoms with E-state index in [0.717, 1.165) is 23.0 Å². The molecule has 0 fully saturated rings. The fourth-order valence-electron chi connectivity index (χ4n) is 2.17. The van der Waals surface area contributed by atoms with Crippen LogP contribution < -0.4 is 14.8 Å². The molecule has 4 nitrogen and oxygen atoms in total. The van der Waals surface area contributed by atoms with Crippen LogP contribution >= 0.6 is 11.8 Å². The van der Waals surface area contributed by atoms with Crippen LogP contribution in [0.1, 0.15) is 17.4 Å². The molecular formula is C15H17NO3S. The van der Waals surface area contributed by atoms with E-state index in [1.165, 1.54) is 10.5 Å². The highest BCUT2D eigenvalue weighted by Crippen LogP contribution is 2.35. The van der Waals surface area contributed by atoms with Gasteiger partial charge in [0.05, 0.1) is 6.26 Å². The van der Waals surface area contributed by atoms with Crippen LogP contribution in [0.5, 0.6) is 11.5 Å². The fraction of sp³-hybridized carbons (Fsp3) is 0.333. The van der Waals surface area contributed by atoms with Crippen molar-refractivity contribution < 1.29 is 13.9 Å². The van der Waals surface area contributed by atoms with E-state index in [1.807, 2.05) is 32.2 Å². The molecule has 1 aliphatic rings. The summed E-state index contributed by atoms with van der Waals surface area (Å²) in [6.45, 7) is 2.29. The van der Waals surface area contributed by atoms with Crippen molar-refractivity contribution >= 4 is 11.8 Å². The molecule has 1 atom stereocenters. The Morgan fingerprint density at radius 3 is 2.85 bits per heavy atom. The first-order chi connectivity index (χ1) is 9.78. The van der Waals surface area contributed by atoms with Gasteiger partial charge >= 0.3 is 0 Å². The quantitative estimate of drug-likeness (QED) is 0.856. The average Bonchev–Trinajstić information content (AvgIpc) is 3.08. The van der Waals surface area contributed by atoms with Crippen molar-refractivity contribution in [2.75, 3.05) is 19.6 Å². The Labute approximate surface area is 122 Å². The number of nitrogens with one attached hydrogen (secondary N) is 1. The van der Waals surface area contributed by atoms with Crippen molar-refractivity contribution in [3.05, 3.63) is 41.9 Å². The lowest BCUT2D eigenvalue weighted by molar-refractivity contribution is 0.174. The van der Waals surface area contributed by atoms with Crippen LogP contribution in [0.4, 0.5) is 0 Å². The van der Waals surface area contributed by atoms with Crippen molar-refractivity contribution in [1.29, 1.82) is 0 Å². The van der Waals surface area contributed by atoms with Crippen molar-refractivity contribution in [2.45, 2.75) is 17.9 Å². The lowest BCUT2D eigenvalue weighted by Crippen LogP contribution is -2.18. The van der Waals surface area contributed by atoms with Crippen LogP contribution in [0.2, 0.25) is 0 Å². The fourth-order valence-corrected chi connectivity index (χ4v) is 3.28. The van der Waals surface area contributed by atoms with Crippen LogP contribution in [-0.2, 0) is 0 Å². The first kappa shape index (κ1) is 13.4. The summed E-state index contributed by atoms with van der Waals surface area (Å²) in [4.78, 5) is 1.19. The van der Waals surface area contributed by atoms with Gasteiger partial charge < -0.3 is 19.2 Å². The van der Waals surface area contributed by atoms with Gasteiger partial charge in [0.15, 0.2) is 11.5 Å². The van der Waals surface area contributed by atoms with Crippen LogP contribution in [0.3, 0.4) is 0 Å². The van der Waals surface area contributed by atoms with Crippen molar-refractivity contribution in [3.8, 4) is 11.5 Å². The molecule has 20 heavy (non-hydrogen) atoms. The molecule has 1 N–H and O–H groups in total. The molecule has 1 aromatic carbocycles. The topological polar surface area (TPSA) is 43.6 Å². The zero-order valence-corrected chi connectivity index (χ0v) is 12.3. The Morgan fingerprint density at radius 1 is 1.25 bits per heavy atom. The molecule has 0 saturated carbocycles. The van der Waals surface area contributed by atoms with E-state index in [4.69, 9.17) is 13.9 Å². The molecule has 1 unspecified atom stereocenters. The predicted molar refractivity (Wildman–Crippen MR) is 78.5 cm³/mol. The maximum Gasteiger partial charge on any atom is 0.231 e. The first-order valence-corrected chi connectivity index (χ1v) is 7.50. The molecule has 2 heterocycles. The Kier molecular flexibility index (Phi) is 3.89. The highest BCUT2D eigenvalue weighted by molar-refractivity contribution is 7.99. The zero-order valence-electron chi connectivity index (χ0n) is 11.5. The predicted octanol–water partition coefficient (Wildman–Crippen LogP) is 3.37. The minimum Gasteiger partial charge on any atom is -0.468 e. The number of hydrogen-bond donors (Lipinski definition) is 1. The molecule has 1 aliphatic heterocycles. The number of aryl methyl sites for hydroxylation is 1. The first-order valence-electron chi connectivity index (χ1n) is 6.51. The molecule has 0 saturated heterocycles. The number of ether oxygens (including phenoxy) is 2. The maximum atomic E-state index is 5.43. The van der Waals surface area contributed by atoms with Gasteiger partial charge in [-0.2, -0.15) is 0 Å². The number of benzene rings is 1. The number of fused-ring (bicyclic) bond motifs is 1. The lowest BCUT2D eigenvalue weighted by atomic mass is 10.1. The van der Waals surface area contributed by atoms with E-state index in [-0.39, 0.29) is 6.04 Å². The second-order valence-corrected chi connectivity index (χ2v) is 5.67. The molecule has 2 aromatic rings. The third-order valence-corrected chi connectivity index (χ3v) is 4.60. The van der Waals surface area contributed by atoms with E-state index in [9.17, 15) is 0 Å². The number of thioether (sulfide) groups is 1. The van der Waals surface area contributed by atoms with Crippen molar-refractivity contribution in [2.24, 2.45) is 0 Å². The molecule has 0 bridgehead atoms. The molecule has 0 spiro atoms. The zero-order chi connectivity index (χ0) is 13.9. The summed E-state index contributed by atoms with van der Waals surface area (Å²) in [7, 11) is 1.97. The van der Waals surface area contributed by atoms with Crippen molar-refractivity contribution in [1.82, 2.24) is 5.32 Å². The maximum absolute atomic E-state index is 5.43. The number of furan rings is 1. The highest BCUT2D eigenvalue weighted by atomic mass is 32.2. The molecule has 5 heteroatoms. The van der Waals surface area contributed by atoms with Crippen molar-refractivity contribution in [3.63, 3.8) is 0 Å². The van der Waals surface area contributed by atoms with Crippen LogP contribution in [0, 0.1) is 6.92 Å². The second kappa shape index (κ2) is 5.81. The monoisotopic (exact) mass is 291 g/mol. The molecule has 3 rings (SSSR count). The van der Waals surface area contributed by atoms with Gasteiger partial charge in [0.2, 0.25) is 6.79 Å². The van der Waals surface area contributed by atoms with E-state index < -0.39 is 0 Å². The van der Waals surface area contributed by atoms with Crippen LogP contribution in [0.25, 0.3) is 0 Å². The molecule has 0 radical (unpaired) electrons. The Morgan fingerprint density at radius 2 is 2.10 bits per heavy atom. The molecule has 0 aliphatic carbocycles. The second-order valence-electron chi connectivity index (χ2n) is 4.61. The Hall–Kier alpha value is -1.59.